The number of aliphatic hydroxyl groups is 1. The molecule has 5 nitrogen and oxygen atoms in total. The van der Waals surface area contributed by atoms with E-state index < -0.39 is 0 Å². The number of rotatable bonds is 7. The van der Waals surface area contributed by atoms with E-state index in [9.17, 15) is 9.90 Å². The Hall–Kier alpha value is -1.62. The normalized spacial score (nSPS) is 11.2. The number of nitrogens with one attached hydrogen (secondary N) is 1. The molecule has 0 unspecified atom stereocenters. The number of aliphatic hydroxyl groups excluding tert-OH is 1. The number of hydrogen-bond donors (Lipinski definition) is 2. The highest BCUT2D eigenvalue weighted by molar-refractivity contribution is 5.98. The number of hydrogen-bond acceptors (Lipinski definition) is 4. The molecular weight excluding hydrogens is 254 g/mol. The van der Waals surface area contributed by atoms with E-state index in [-0.39, 0.29) is 17.9 Å². The van der Waals surface area contributed by atoms with Crippen molar-refractivity contribution < 1.29 is 9.90 Å². The number of pyridine rings is 1. The predicted octanol–water partition coefficient (Wildman–Crippen LogP) is 1.68. The lowest BCUT2D eigenvalue weighted by atomic mass is 9.89. The molecule has 5 heteroatoms. The number of carbonyl (C=O) groups excluding carboxylic acids is 1. The molecular formula is C15H25N3O2. The van der Waals surface area contributed by atoms with Crippen molar-refractivity contribution in [3.05, 3.63) is 23.9 Å². The number of aromatic nitrogens is 1. The van der Waals surface area contributed by atoms with Gasteiger partial charge in [-0.1, -0.05) is 13.8 Å². The Bertz CT molecular complexity index is 444. The molecule has 1 aromatic heterocycles. The van der Waals surface area contributed by atoms with Crippen molar-refractivity contribution >= 4 is 11.7 Å². The fraction of sp³-hybridized carbons (Fsp3) is 0.600. The standard InChI is InChI=1S/C15H25N3O2/c1-15(2,11-19)8-6-10-17-14(20)12-7-5-9-16-13(12)18(3)4/h5,7,9,19H,6,8,10-11H2,1-4H3,(H,17,20). The van der Waals surface area contributed by atoms with E-state index in [4.69, 9.17) is 0 Å². The SMILES string of the molecule is CN(C)c1ncccc1C(=O)NCCCC(C)(C)CO. The summed E-state index contributed by atoms with van der Waals surface area (Å²) in [7, 11) is 3.73. The number of carbonyl (C=O) groups is 1. The molecule has 0 aliphatic carbocycles. The van der Waals surface area contributed by atoms with Gasteiger partial charge in [0.15, 0.2) is 0 Å². The molecule has 1 rings (SSSR count). The molecule has 0 atom stereocenters. The van der Waals surface area contributed by atoms with Crippen molar-refractivity contribution in [3.63, 3.8) is 0 Å². The van der Waals surface area contributed by atoms with Crippen molar-refractivity contribution in [1.82, 2.24) is 10.3 Å². The highest BCUT2D eigenvalue weighted by atomic mass is 16.3. The molecule has 0 saturated carbocycles. The molecule has 0 radical (unpaired) electrons. The Balaban J connectivity index is 2.52. The first-order chi connectivity index (χ1) is 9.37. The number of anilines is 1. The Kier molecular flexibility index (Phi) is 5.95. The zero-order chi connectivity index (χ0) is 15.2. The van der Waals surface area contributed by atoms with Crippen molar-refractivity contribution in [1.29, 1.82) is 0 Å². The minimum absolute atomic E-state index is 0.0895. The van der Waals surface area contributed by atoms with Crippen LogP contribution in [0, 0.1) is 5.41 Å². The van der Waals surface area contributed by atoms with Crippen molar-refractivity contribution in [2.24, 2.45) is 5.41 Å². The van der Waals surface area contributed by atoms with Gasteiger partial charge in [0, 0.05) is 33.4 Å². The molecule has 112 valence electrons. The van der Waals surface area contributed by atoms with Crippen LogP contribution < -0.4 is 10.2 Å². The first kappa shape index (κ1) is 16.4. The molecule has 1 heterocycles. The summed E-state index contributed by atoms with van der Waals surface area (Å²) in [5, 5.41) is 12.1. The van der Waals surface area contributed by atoms with Gasteiger partial charge < -0.3 is 15.3 Å². The molecule has 0 spiro atoms. The summed E-state index contributed by atoms with van der Waals surface area (Å²) in [5.41, 5.74) is 0.493. The zero-order valence-corrected chi connectivity index (χ0v) is 12.8. The average Bonchev–Trinajstić information content (AvgIpc) is 2.43. The lowest BCUT2D eigenvalue weighted by Crippen LogP contribution is -2.28. The van der Waals surface area contributed by atoms with Crippen molar-refractivity contribution in [2.45, 2.75) is 26.7 Å². The topological polar surface area (TPSA) is 65.5 Å². The van der Waals surface area contributed by atoms with Crippen molar-refractivity contribution in [2.75, 3.05) is 32.1 Å². The summed E-state index contributed by atoms with van der Waals surface area (Å²) >= 11 is 0. The van der Waals surface area contributed by atoms with Crippen LogP contribution in [-0.2, 0) is 0 Å². The summed E-state index contributed by atoms with van der Waals surface area (Å²) in [6.45, 7) is 4.79. The molecule has 2 N–H and O–H groups in total. The molecule has 0 aromatic carbocycles. The fourth-order valence-electron chi connectivity index (χ4n) is 1.87. The quantitative estimate of drug-likeness (QED) is 0.745. The highest BCUT2D eigenvalue weighted by Crippen LogP contribution is 2.20. The van der Waals surface area contributed by atoms with E-state index in [0.717, 1.165) is 12.8 Å². The van der Waals surface area contributed by atoms with E-state index in [1.165, 1.54) is 0 Å². The van der Waals surface area contributed by atoms with Crippen LogP contribution in [0.1, 0.15) is 37.0 Å². The second-order valence-corrected chi connectivity index (χ2v) is 5.95. The lowest BCUT2D eigenvalue weighted by molar-refractivity contribution is 0.0948. The van der Waals surface area contributed by atoms with E-state index in [0.29, 0.717) is 17.9 Å². The van der Waals surface area contributed by atoms with E-state index in [1.807, 2.05) is 32.8 Å². The molecule has 0 bridgehead atoms. The van der Waals surface area contributed by atoms with Crippen molar-refractivity contribution in [3.8, 4) is 0 Å². The lowest BCUT2D eigenvalue weighted by Gasteiger charge is -2.21. The molecule has 0 aliphatic rings. The van der Waals surface area contributed by atoms with Crippen LogP contribution in [0.5, 0.6) is 0 Å². The second-order valence-electron chi connectivity index (χ2n) is 5.95. The molecule has 1 aromatic rings. The molecule has 0 saturated heterocycles. The summed E-state index contributed by atoms with van der Waals surface area (Å²) < 4.78 is 0. The van der Waals surface area contributed by atoms with Gasteiger partial charge in [0.05, 0.1) is 5.56 Å². The van der Waals surface area contributed by atoms with Gasteiger partial charge in [0.2, 0.25) is 0 Å². The van der Waals surface area contributed by atoms with Crippen LogP contribution in [0.15, 0.2) is 18.3 Å². The summed E-state index contributed by atoms with van der Waals surface area (Å²) in [6.07, 6.45) is 3.39. The Morgan fingerprint density at radius 2 is 2.15 bits per heavy atom. The Morgan fingerprint density at radius 1 is 1.45 bits per heavy atom. The van der Waals surface area contributed by atoms with Crippen LogP contribution >= 0.6 is 0 Å². The third kappa shape index (κ3) is 4.81. The van der Waals surface area contributed by atoms with Gasteiger partial charge >= 0.3 is 0 Å². The third-order valence-corrected chi connectivity index (χ3v) is 3.20. The van der Waals surface area contributed by atoms with Gasteiger partial charge in [-0.05, 0) is 30.4 Å². The monoisotopic (exact) mass is 279 g/mol. The van der Waals surface area contributed by atoms with Gasteiger partial charge in [-0.25, -0.2) is 4.98 Å². The van der Waals surface area contributed by atoms with Crippen LogP contribution in [0.25, 0.3) is 0 Å². The summed E-state index contributed by atoms with van der Waals surface area (Å²) in [6, 6.07) is 3.53. The smallest absolute Gasteiger partial charge is 0.255 e. The minimum Gasteiger partial charge on any atom is -0.396 e. The van der Waals surface area contributed by atoms with Crippen LogP contribution in [0.4, 0.5) is 5.82 Å². The number of nitrogens with zero attached hydrogens (tertiary/aromatic N) is 2. The van der Waals surface area contributed by atoms with E-state index in [2.05, 4.69) is 10.3 Å². The first-order valence-electron chi connectivity index (χ1n) is 6.89. The average molecular weight is 279 g/mol. The molecule has 20 heavy (non-hydrogen) atoms. The van der Waals surface area contributed by atoms with Gasteiger partial charge in [-0.2, -0.15) is 0 Å². The number of amides is 1. The maximum absolute atomic E-state index is 12.1. The van der Waals surface area contributed by atoms with Gasteiger partial charge in [0.25, 0.3) is 5.91 Å². The van der Waals surface area contributed by atoms with Gasteiger partial charge in [-0.3, -0.25) is 4.79 Å². The largest absolute Gasteiger partial charge is 0.396 e. The van der Waals surface area contributed by atoms with Gasteiger partial charge in [-0.15, -0.1) is 0 Å². The summed E-state index contributed by atoms with van der Waals surface area (Å²) in [4.78, 5) is 18.2. The van der Waals surface area contributed by atoms with Crippen LogP contribution in [-0.4, -0.2) is 43.2 Å². The minimum atomic E-state index is -0.108. The Labute approximate surface area is 121 Å². The Morgan fingerprint density at radius 3 is 2.75 bits per heavy atom. The maximum atomic E-state index is 12.1. The van der Waals surface area contributed by atoms with E-state index >= 15 is 0 Å². The predicted molar refractivity (Wildman–Crippen MR) is 81.0 cm³/mol. The molecule has 0 aliphatic heterocycles. The third-order valence-electron chi connectivity index (χ3n) is 3.20. The first-order valence-corrected chi connectivity index (χ1v) is 6.89. The molecule has 1 amide bonds. The molecule has 0 fully saturated rings. The van der Waals surface area contributed by atoms with Crippen LogP contribution in [0.2, 0.25) is 0 Å². The second kappa shape index (κ2) is 7.24. The highest BCUT2D eigenvalue weighted by Gasteiger charge is 2.16. The zero-order valence-electron chi connectivity index (χ0n) is 12.8. The van der Waals surface area contributed by atoms with E-state index in [1.54, 1.807) is 18.3 Å². The fourth-order valence-corrected chi connectivity index (χ4v) is 1.87. The summed E-state index contributed by atoms with van der Waals surface area (Å²) in [5.74, 6) is 0.560. The maximum Gasteiger partial charge on any atom is 0.255 e. The van der Waals surface area contributed by atoms with Crippen LogP contribution in [0.3, 0.4) is 0 Å². The van der Waals surface area contributed by atoms with Gasteiger partial charge in [0.1, 0.15) is 5.82 Å².